The normalized spacial score (nSPS) is 17.6. The number of nitrogens with one attached hydrogen (secondary N) is 1. The molecule has 0 heterocycles. The van der Waals surface area contributed by atoms with Gasteiger partial charge < -0.3 is 15.8 Å². The molecule has 1 amide bonds. The second kappa shape index (κ2) is 5.61. The molecule has 1 fully saturated rings. The van der Waals surface area contributed by atoms with Crippen molar-refractivity contribution in [1.29, 1.82) is 0 Å². The van der Waals surface area contributed by atoms with Gasteiger partial charge in [-0.2, -0.15) is 0 Å². The van der Waals surface area contributed by atoms with Crippen LogP contribution in [-0.2, 0) is 4.79 Å². The van der Waals surface area contributed by atoms with Gasteiger partial charge >= 0.3 is 0 Å². The number of benzene rings is 1. The topological polar surface area (TPSA) is 64.3 Å². The second-order valence-corrected chi connectivity index (χ2v) is 5.48. The van der Waals surface area contributed by atoms with Crippen molar-refractivity contribution < 1.29 is 9.53 Å². The highest BCUT2D eigenvalue weighted by molar-refractivity contribution is 5.85. The van der Waals surface area contributed by atoms with E-state index in [0.29, 0.717) is 13.2 Å². The smallest absolute Gasteiger partial charge is 0.227 e. The third-order valence-electron chi connectivity index (χ3n) is 3.62. The highest BCUT2D eigenvalue weighted by Gasteiger charge is 2.48. The zero-order valence-electron chi connectivity index (χ0n) is 11.6. The molecular weight excluding hydrogens is 240 g/mol. The Bertz CT molecular complexity index is 438. The maximum absolute atomic E-state index is 12.0. The summed E-state index contributed by atoms with van der Waals surface area (Å²) in [5.74, 6) is 0.890. The first-order chi connectivity index (χ1) is 9.05. The van der Waals surface area contributed by atoms with E-state index in [1.165, 1.54) is 5.56 Å². The quantitative estimate of drug-likeness (QED) is 0.818. The van der Waals surface area contributed by atoms with E-state index in [-0.39, 0.29) is 17.4 Å². The fraction of sp³-hybridized carbons (Fsp3) is 0.533. The highest BCUT2D eigenvalue weighted by atomic mass is 16.5. The Morgan fingerprint density at radius 3 is 2.58 bits per heavy atom. The standard InChI is InChI=1S/C15H22N2O2/c1-11-3-5-13(6-4-11)19-9-12(2)17-14(18)15(10-16)7-8-15/h3-6,12H,7-10,16H2,1-2H3,(H,17,18). The largest absolute Gasteiger partial charge is 0.491 e. The number of carbonyl (C=O) groups is 1. The third-order valence-corrected chi connectivity index (χ3v) is 3.62. The van der Waals surface area contributed by atoms with Crippen LogP contribution in [-0.4, -0.2) is 25.1 Å². The van der Waals surface area contributed by atoms with E-state index in [0.717, 1.165) is 18.6 Å². The fourth-order valence-corrected chi connectivity index (χ4v) is 1.95. The van der Waals surface area contributed by atoms with Crippen molar-refractivity contribution in [2.45, 2.75) is 32.7 Å². The molecule has 4 nitrogen and oxygen atoms in total. The molecule has 1 aromatic carbocycles. The van der Waals surface area contributed by atoms with Gasteiger partial charge in [0, 0.05) is 6.54 Å². The average molecular weight is 262 g/mol. The number of ether oxygens (including phenoxy) is 1. The molecule has 0 spiro atoms. The summed E-state index contributed by atoms with van der Waals surface area (Å²) in [5.41, 5.74) is 6.54. The molecule has 104 valence electrons. The minimum Gasteiger partial charge on any atom is -0.491 e. The molecule has 19 heavy (non-hydrogen) atoms. The van der Waals surface area contributed by atoms with Gasteiger partial charge in [0.25, 0.3) is 0 Å². The number of carbonyl (C=O) groups excluding carboxylic acids is 1. The minimum absolute atomic E-state index is 0.0159. The van der Waals surface area contributed by atoms with Gasteiger partial charge in [0.2, 0.25) is 5.91 Å². The van der Waals surface area contributed by atoms with Crippen LogP contribution in [0.4, 0.5) is 0 Å². The minimum atomic E-state index is -0.294. The summed E-state index contributed by atoms with van der Waals surface area (Å²) in [5, 5.41) is 2.97. The predicted molar refractivity (Wildman–Crippen MR) is 75.0 cm³/mol. The Kier molecular flexibility index (Phi) is 4.10. The molecule has 0 saturated heterocycles. The monoisotopic (exact) mass is 262 g/mol. The number of rotatable bonds is 6. The first-order valence-electron chi connectivity index (χ1n) is 6.76. The Labute approximate surface area is 114 Å². The fourth-order valence-electron chi connectivity index (χ4n) is 1.95. The van der Waals surface area contributed by atoms with Crippen LogP contribution in [0.3, 0.4) is 0 Å². The Balaban J connectivity index is 1.77. The van der Waals surface area contributed by atoms with Crippen molar-refractivity contribution in [3.05, 3.63) is 29.8 Å². The summed E-state index contributed by atoms with van der Waals surface area (Å²) in [7, 11) is 0. The van der Waals surface area contributed by atoms with Crippen LogP contribution in [0.2, 0.25) is 0 Å². The first kappa shape index (κ1) is 13.9. The van der Waals surface area contributed by atoms with E-state index in [9.17, 15) is 4.79 Å². The van der Waals surface area contributed by atoms with E-state index in [4.69, 9.17) is 10.5 Å². The number of nitrogens with two attached hydrogens (primary N) is 1. The number of hydrogen-bond acceptors (Lipinski definition) is 3. The van der Waals surface area contributed by atoms with Crippen LogP contribution in [0, 0.1) is 12.3 Å². The van der Waals surface area contributed by atoms with Crippen molar-refractivity contribution in [1.82, 2.24) is 5.32 Å². The molecule has 1 saturated carbocycles. The molecule has 0 aliphatic heterocycles. The molecule has 1 aliphatic carbocycles. The zero-order valence-corrected chi connectivity index (χ0v) is 11.6. The van der Waals surface area contributed by atoms with Crippen molar-refractivity contribution in [3.8, 4) is 5.75 Å². The Morgan fingerprint density at radius 2 is 2.05 bits per heavy atom. The van der Waals surface area contributed by atoms with Gasteiger partial charge in [0.05, 0.1) is 11.5 Å². The molecule has 3 N–H and O–H groups in total. The highest BCUT2D eigenvalue weighted by Crippen LogP contribution is 2.44. The summed E-state index contributed by atoms with van der Waals surface area (Å²) in [6.45, 7) is 4.88. The maximum Gasteiger partial charge on any atom is 0.227 e. The van der Waals surface area contributed by atoms with Crippen molar-refractivity contribution >= 4 is 5.91 Å². The lowest BCUT2D eigenvalue weighted by atomic mass is 10.1. The first-order valence-corrected chi connectivity index (χ1v) is 6.76. The number of aryl methyl sites for hydroxylation is 1. The summed E-state index contributed by atoms with van der Waals surface area (Å²) < 4.78 is 5.64. The van der Waals surface area contributed by atoms with E-state index in [1.54, 1.807) is 0 Å². The van der Waals surface area contributed by atoms with Gasteiger partial charge in [-0.15, -0.1) is 0 Å². The van der Waals surface area contributed by atoms with Crippen LogP contribution < -0.4 is 15.8 Å². The van der Waals surface area contributed by atoms with Crippen LogP contribution in [0.1, 0.15) is 25.3 Å². The van der Waals surface area contributed by atoms with Crippen molar-refractivity contribution in [2.75, 3.05) is 13.2 Å². The molecule has 0 bridgehead atoms. The summed E-state index contributed by atoms with van der Waals surface area (Å²) in [6, 6.07) is 7.87. The van der Waals surface area contributed by atoms with Crippen LogP contribution in [0.15, 0.2) is 24.3 Å². The van der Waals surface area contributed by atoms with Crippen LogP contribution >= 0.6 is 0 Å². The molecule has 4 heteroatoms. The van der Waals surface area contributed by atoms with Gasteiger partial charge in [-0.25, -0.2) is 0 Å². The van der Waals surface area contributed by atoms with E-state index >= 15 is 0 Å². The summed E-state index contributed by atoms with van der Waals surface area (Å²) >= 11 is 0. The third kappa shape index (κ3) is 3.47. The van der Waals surface area contributed by atoms with E-state index < -0.39 is 0 Å². The van der Waals surface area contributed by atoms with Gasteiger partial charge in [-0.3, -0.25) is 4.79 Å². The van der Waals surface area contributed by atoms with E-state index in [2.05, 4.69) is 5.32 Å². The SMILES string of the molecule is Cc1ccc(OCC(C)NC(=O)C2(CN)CC2)cc1. The molecule has 0 aromatic heterocycles. The molecule has 1 aliphatic rings. The maximum atomic E-state index is 12.0. The average Bonchev–Trinajstić information content (AvgIpc) is 3.19. The molecular formula is C15H22N2O2. The zero-order chi connectivity index (χ0) is 13.9. The van der Waals surface area contributed by atoms with Crippen molar-refractivity contribution in [3.63, 3.8) is 0 Å². The van der Waals surface area contributed by atoms with Gasteiger partial charge in [0.1, 0.15) is 12.4 Å². The number of amides is 1. The van der Waals surface area contributed by atoms with Gasteiger partial charge in [-0.1, -0.05) is 17.7 Å². The summed E-state index contributed by atoms with van der Waals surface area (Å²) in [6.07, 6.45) is 1.81. The molecule has 2 rings (SSSR count). The lowest BCUT2D eigenvalue weighted by molar-refractivity contribution is -0.126. The molecule has 1 aromatic rings. The lowest BCUT2D eigenvalue weighted by Crippen LogP contribution is -2.43. The Hall–Kier alpha value is -1.55. The second-order valence-electron chi connectivity index (χ2n) is 5.48. The van der Waals surface area contributed by atoms with E-state index in [1.807, 2.05) is 38.1 Å². The van der Waals surface area contributed by atoms with Gasteiger partial charge in [-0.05, 0) is 38.8 Å². The molecule has 1 unspecified atom stereocenters. The molecule has 0 radical (unpaired) electrons. The molecule has 1 atom stereocenters. The van der Waals surface area contributed by atoms with Crippen LogP contribution in [0.5, 0.6) is 5.75 Å². The summed E-state index contributed by atoms with van der Waals surface area (Å²) in [4.78, 5) is 12.0. The number of hydrogen-bond donors (Lipinski definition) is 2. The Morgan fingerprint density at radius 1 is 1.42 bits per heavy atom. The van der Waals surface area contributed by atoms with Crippen molar-refractivity contribution in [2.24, 2.45) is 11.1 Å². The van der Waals surface area contributed by atoms with Crippen LogP contribution in [0.25, 0.3) is 0 Å². The lowest BCUT2D eigenvalue weighted by Gasteiger charge is -2.19. The van der Waals surface area contributed by atoms with Gasteiger partial charge in [0.15, 0.2) is 0 Å². The predicted octanol–water partition coefficient (Wildman–Crippen LogP) is 1.62.